The van der Waals surface area contributed by atoms with E-state index in [0.717, 1.165) is 19.6 Å². The third-order valence-electron chi connectivity index (χ3n) is 3.75. The molecule has 0 aromatic heterocycles. The summed E-state index contributed by atoms with van der Waals surface area (Å²) in [7, 11) is 0. The molecule has 0 spiro atoms. The summed E-state index contributed by atoms with van der Waals surface area (Å²) in [6.07, 6.45) is 0. The Morgan fingerprint density at radius 1 is 1.09 bits per heavy atom. The number of carbonyl (C=O) groups is 1. The Balaban J connectivity index is 2.00. The average molecular weight is 301 g/mol. The average Bonchev–Trinajstić information content (AvgIpc) is 2.54. The third-order valence-corrected chi connectivity index (χ3v) is 3.75. The van der Waals surface area contributed by atoms with E-state index in [0.29, 0.717) is 11.3 Å². The molecule has 0 heterocycles. The van der Waals surface area contributed by atoms with Crippen molar-refractivity contribution in [3.63, 3.8) is 0 Å². The molecular weight excluding hydrogens is 279 g/mol. The lowest BCUT2D eigenvalue weighted by Gasteiger charge is -2.15. The van der Waals surface area contributed by atoms with E-state index in [-0.39, 0.29) is 5.91 Å². The van der Waals surface area contributed by atoms with Crippen molar-refractivity contribution in [1.29, 1.82) is 0 Å². The summed E-state index contributed by atoms with van der Waals surface area (Å²) in [5, 5.41) is 2.78. The number of amides is 1. The van der Waals surface area contributed by atoms with Crippen LogP contribution in [0.3, 0.4) is 0 Å². The van der Waals surface area contributed by atoms with Crippen LogP contribution < -0.4 is 10.2 Å². The Kier molecular flexibility index (Phi) is 5.67. The molecule has 0 aliphatic carbocycles. The Labute approximate surface area is 130 Å². The molecule has 116 valence electrons. The van der Waals surface area contributed by atoms with E-state index in [1.165, 1.54) is 28.7 Å². The highest BCUT2D eigenvalue weighted by molar-refractivity contribution is 6.04. The first-order valence-corrected chi connectivity index (χ1v) is 7.61. The molecule has 0 saturated heterocycles. The van der Waals surface area contributed by atoms with Crippen LogP contribution in [0.1, 0.15) is 29.8 Å². The van der Waals surface area contributed by atoms with E-state index < -0.39 is 5.82 Å². The van der Waals surface area contributed by atoms with Crippen molar-refractivity contribution in [2.24, 2.45) is 0 Å². The van der Waals surface area contributed by atoms with Crippen LogP contribution in [0.2, 0.25) is 0 Å². The smallest absolute Gasteiger partial charge is 0.255 e. The minimum atomic E-state index is -0.412. The summed E-state index contributed by atoms with van der Waals surface area (Å²) in [6.45, 7) is 7.51. The molecule has 2 aromatic carbocycles. The van der Waals surface area contributed by atoms with E-state index in [1.807, 2.05) is 24.3 Å². The predicted molar refractivity (Wildman–Crippen MR) is 86.5 cm³/mol. The minimum absolute atomic E-state index is 0.304. The minimum Gasteiger partial charge on any atom is -0.332 e. The van der Waals surface area contributed by atoms with E-state index >= 15 is 0 Å². The van der Waals surface area contributed by atoms with E-state index in [2.05, 4.69) is 19.2 Å². The van der Waals surface area contributed by atoms with Crippen molar-refractivity contribution in [2.75, 3.05) is 18.4 Å². The van der Waals surface area contributed by atoms with Gasteiger partial charge in [-0.15, -0.1) is 0 Å². The van der Waals surface area contributed by atoms with Gasteiger partial charge in [-0.1, -0.05) is 18.2 Å². The fourth-order valence-corrected chi connectivity index (χ4v) is 2.33. The molecule has 3 nitrogen and oxygen atoms in total. The normalized spacial score (nSPS) is 10.7. The van der Waals surface area contributed by atoms with Gasteiger partial charge in [-0.25, -0.2) is 4.39 Å². The Bertz CT molecular complexity index is 621. The van der Waals surface area contributed by atoms with Crippen molar-refractivity contribution in [3.8, 4) is 0 Å². The fourth-order valence-electron chi connectivity index (χ4n) is 2.33. The molecule has 22 heavy (non-hydrogen) atoms. The van der Waals surface area contributed by atoms with Crippen molar-refractivity contribution in [1.82, 2.24) is 0 Å². The predicted octanol–water partition coefficient (Wildman–Crippen LogP) is 2.50. The number of benzene rings is 2. The van der Waals surface area contributed by atoms with E-state index in [9.17, 15) is 9.18 Å². The lowest BCUT2D eigenvalue weighted by Crippen LogP contribution is -3.10. The van der Waals surface area contributed by atoms with Crippen LogP contribution in [0.5, 0.6) is 0 Å². The second-order valence-corrected chi connectivity index (χ2v) is 5.30. The molecule has 0 unspecified atom stereocenters. The zero-order valence-electron chi connectivity index (χ0n) is 13.0. The zero-order valence-corrected chi connectivity index (χ0v) is 13.0. The maximum atomic E-state index is 13.1. The quantitative estimate of drug-likeness (QED) is 0.844. The van der Waals surface area contributed by atoms with Gasteiger partial charge in [0.05, 0.1) is 13.1 Å². The SMILES string of the molecule is CC[NH+](CC)Cc1ccc(NC(=O)c2cccc(F)c2)cc1. The number of hydrogen-bond donors (Lipinski definition) is 2. The van der Waals surface area contributed by atoms with Gasteiger partial charge in [0.1, 0.15) is 12.4 Å². The molecule has 2 aromatic rings. The lowest BCUT2D eigenvalue weighted by molar-refractivity contribution is -0.910. The van der Waals surface area contributed by atoms with Crippen LogP contribution in [-0.2, 0) is 6.54 Å². The van der Waals surface area contributed by atoms with Crippen LogP contribution in [0.25, 0.3) is 0 Å². The molecule has 0 bridgehead atoms. The van der Waals surface area contributed by atoms with Crippen molar-refractivity contribution in [3.05, 3.63) is 65.5 Å². The fraction of sp³-hybridized carbons (Fsp3) is 0.278. The number of nitrogens with one attached hydrogen (secondary N) is 2. The summed E-state index contributed by atoms with van der Waals surface area (Å²) in [4.78, 5) is 13.6. The summed E-state index contributed by atoms with van der Waals surface area (Å²) in [6, 6.07) is 13.5. The molecule has 0 saturated carbocycles. The summed E-state index contributed by atoms with van der Waals surface area (Å²) < 4.78 is 13.1. The molecule has 0 aliphatic rings. The van der Waals surface area contributed by atoms with Crippen LogP contribution in [0, 0.1) is 5.82 Å². The molecule has 0 atom stereocenters. The zero-order chi connectivity index (χ0) is 15.9. The van der Waals surface area contributed by atoms with Gasteiger partial charge < -0.3 is 10.2 Å². The first-order chi connectivity index (χ1) is 10.6. The maximum Gasteiger partial charge on any atom is 0.255 e. The van der Waals surface area contributed by atoms with Gasteiger partial charge in [-0.3, -0.25) is 4.79 Å². The lowest BCUT2D eigenvalue weighted by atomic mass is 10.1. The molecule has 0 radical (unpaired) electrons. The maximum absolute atomic E-state index is 13.1. The molecule has 0 fully saturated rings. The van der Waals surface area contributed by atoms with Gasteiger partial charge >= 0.3 is 0 Å². The Morgan fingerprint density at radius 3 is 2.36 bits per heavy atom. The molecule has 2 N–H and O–H groups in total. The standard InChI is InChI=1S/C18H21FN2O/c1-3-21(4-2)13-14-8-10-17(11-9-14)20-18(22)15-6-5-7-16(19)12-15/h5-12H,3-4,13H2,1-2H3,(H,20,22)/p+1. The second kappa shape index (κ2) is 7.71. The first-order valence-electron chi connectivity index (χ1n) is 7.61. The Morgan fingerprint density at radius 2 is 1.77 bits per heavy atom. The highest BCUT2D eigenvalue weighted by atomic mass is 19.1. The van der Waals surface area contributed by atoms with Crippen LogP contribution in [0.4, 0.5) is 10.1 Å². The molecule has 4 heteroatoms. The van der Waals surface area contributed by atoms with Gasteiger partial charge in [-0.05, 0) is 44.2 Å². The number of halogens is 1. The van der Waals surface area contributed by atoms with Gasteiger partial charge in [0.2, 0.25) is 0 Å². The van der Waals surface area contributed by atoms with Gasteiger partial charge in [-0.2, -0.15) is 0 Å². The second-order valence-electron chi connectivity index (χ2n) is 5.30. The van der Waals surface area contributed by atoms with E-state index in [1.54, 1.807) is 6.07 Å². The van der Waals surface area contributed by atoms with Gasteiger partial charge in [0.15, 0.2) is 0 Å². The third kappa shape index (κ3) is 4.40. The van der Waals surface area contributed by atoms with Gasteiger partial charge in [0, 0.05) is 16.8 Å². The highest BCUT2D eigenvalue weighted by Gasteiger charge is 2.08. The van der Waals surface area contributed by atoms with Gasteiger partial charge in [0.25, 0.3) is 5.91 Å². The number of quaternary nitrogens is 1. The monoisotopic (exact) mass is 301 g/mol. The molecule has 0 aliphatic heterocycles. The van der Waals surface area contributed by atoms with Crippen LogP contribution in [0.15, 0.2) is 48.5 Å². The van der Waals surface area contributed by atoms with E-state index in [4.69, 9.17) is 0 Å². The number of rotatable bonds is 6. The van der Waals surface area contributed by atoms with Crippen molar-refractivity contribution in [2.45, 2.75) is 20.4 Å². The topological polar surface area (TPSA) is 33.5 Å². The molecule has 1 amide bonds. The number of hydrogen-bond acceptors (Lipinski definition) is 1. The Hall–Kier alpha value is -2.20. The summed E-state index contributed by atoms with van der Waals surface area (Å²) >= 11 is 0. The summed E-state index contributed by atoms with van der Waals surface area (Å²) in [5.74, 6) is -0.716. The molecule has 2 rings (SSSR count). The highest BCUT2D eigenvalue weighted by Crippen LogP contribution is 2.12. The number of carbonyl (C=O) groups excluding carboxylic acids is 1. The van der Waals surface area contributed by atoms with Crippen molar-refractivity contribution >= 4 is 11.6 Å². The van der Waals surface area contributed by atoms with Crippen LogP contribution >= 0.6 is 0 Å². The summed E-state index contributed by atoms with van der Waals surface area (Å²) in [5.41, 5.74) is 2.27. The molecular formula is C18H22FN2O+. The van der Waals surface area contributed by atoms with Crippen molar-refractivity contribution < 1.29 is 14.1 Å². The van der Waals surface area contributed by atoms with Crippen LogP contribution in [-0.4, -0.2) is 19.0 Å². The first kappa shape index (κ1) is 16.2. The number of anilines is 1. The largest absolute Gasteiger partial charge is 0.332 e.